The van der Waals surface area contributed by atoms with Crippen molar-refractivity contribution in [2.75, 3.05) is 0 Å². The van der Waals surface area contributed by atoms with E-state index >= 15 is 0 Å². The highest BCUT2D eigenvalue weighted by Gasteiger charge is 2.32. The van der Waals surface area contributed by atoms with E-state index < -0.39 is 46.9 Å². The molecule has 1 aromatic carbocycles. The average Bonchev–Trinajstić information content (AvgIpc) is 2.94. The summed E-state index contributed by atoms with van der Waals surface area (Å²) in [5.41, 5.74) is -2.59. The lowest BCUT2D eigenvalue weighted by atomic mass is 9.95. The van der Waals surface area contributed by atoms with Crippen molar-refractivity contribution in [1.29, 1.82) is 0 Å². The van der Waals surface area contributed by atoms with Crippen LogP contribution in [0.5, 0.6) is 6.01 Å². The Labute approximate surface area is 154 Å². The van der Waals surface area contributed by atoms with Crippen molar-refractivity contribution < 1.29 is 27.1 Å². The van der Waals surface area contributed by atoms with E-state index in [2.05, 4.69) is 10.1 Å². The minimum Gasteiger partial charge on any atom is -0.480 e. The molecule has 3 aromatic rings. The van der Waals surface area contributed by atoms with E-state index in [9.17, 15) is 31.9 Å². The van der Waals surface area contributed by atoms with Crippen molar-refractivity contribution in [3.63, 3.8) is 0 Å². The minimum absolute atomic E-state index is 0.282. The van der Waals surface area contributed by atoms with Crippen LogP contribution in [0.15, 0.2) is 29.1 Å². The molecule has 0 saturated heterocycles. The first-order valence-electron chi connectivity index (χ1n) is 8.17. The van der Waals surface area contributed by atoms with Crippen LogP contribution in [0.4, 0.5) is 22.0 Å². The maximum atomic E-state index is 13.4. The normalized spacial score (nSPS) is 13.6. The van der Waals surface area contributed by atoms with Gasteiger partial charge in [0.1, 0.15) is 11.1 Å². The molecule has 0 saturated carbocycles. The van der Waals surface area contributed by atoms with Gasteiger partial charge >= 0.3 is 6.18 Å². The minimum atomic E-state index is -4.52. The van der Waals surface area contributed by atoms with Crippen LogP contribution >= 0.6 is 0 Å². The first-order chi connectivity index (χ1) is 13.0. The molecule has 3 rings (SSSR count). The smallest absolute Gasteiger partial charge is 0.416 e. The number of fused-ring (bicyclic) bond motifs is 1. The fraction of sp³-hybridized carbons (Fsp3) is 0.353. The monoisotopic (exact) mass is 402 g/mol. The predicted octanol–water partition coefficient (Wildman–Crippen LogP) is 4.03. The standard InChI is InChI=1S/C17H15F5N4O2/c1-7(2)12(8-3-5-9(6-4-8)17(20,21)22)26-14-10(11(25-26)13(18)19)15(27)24-16(28)23-14/h3-7,12-13H,1-2H3,(H2,23,24,27,28)/t12-/m0/s1. The topological polar surface area (TPSA) is 83.8 Å². The molecular formula is C17H15F5N4O2. The summed E-state index contributed by atoms with van der Waals surface area (Å²) < 4.78 is 66.3. The average molecular weight is 402 g/mol. The Balaban J connectivity index is 2.23. The molecule has 0 spiro atoms. The Morgan fingerprint density at radius 1 is 1.14 bits per heavy atom. The van der Waals surface area contributed by atoms with E-state index in [1.807, 2.05) is 4.98 Å². The van der Waals surface area contributed by atoms with Crippen LogP contribution in [-0.2, 0) is 6.18 Å². The second-order valence-corrected chi connectivity index (χ2v) is 6.53. The Morgan fingerprint density at radius 2 is 1.75 bits per heavy atom. The Bertz CT molecular complexity index is 1050. The highest BCUT2D eigenvalue weighted by atomic mass is 19.4. The number of nitrogens with one attached hydrogen (secondary N) is 1. The largest absolute Gasteiger partial charge is 0.480 e. The van der Waals surface area contributed by atoms with Crippen molar-refractivity contribution in [3.8, 4) is 6.01 Å². The molecule has 0 fully saturated rings. The molecule has 0 radical (unpaired) electrons. The number of alkyl halides is 5. The van der Waals surface area contributed by atoms with Crippen LogP contribution < -0.4 is 5.56 Å². The molecule has 0 unspecified atom stereocenters. The summed E-state index contributed by atoms with van der Waals surface area (Å²) in [6.07, 6.45) is -7.61. The summed E-state index contributed by atoms with van der Waals surface area (Å²) in [5, 5.41) is 12.9. The van der Waals surface area contributed by atoms with Crippen LogP contribution in [-0.4, -0.2) is 24.9 Å². The highest BCUT2D eigenvalue weighted by Crippen LogP contribution is 2.34. The first-order valence-corrected chi connectivity index (χ1v) is 8.17. The van der Waals surface area contributed by atoms with Gasteiger partial charge in [0.2, 0.25) is 0 Å². The zero-order valence-electron chi connectivity index (χ0n) is 14.6. The molecule has 11 heteroatoms. The molecule has 2 aromatic heterocycles. The lowest BCUT2D eigenvalue weighted by Crippen LogP contribution is -2.19. The molecule has 2 heterocycles. The molecule has 1 atom stereocenters. The molecule has 0 bridgehead atoms. The lowest BCUT2D eigenvalue weighted by Gasteiger charge is -2.23. The molecule has 0 amide bonds. The highest BCUT2D eigenvalue weighted by molar-refractivity contribution is 5.78. The van der Waals surface area contributed by atoms with Gasteiger partial charge in [0.15, 0.2) is 5.65 Å². The number of aromatic amines is 1. The number of aromatic nitrogens is 4. The molecule has 0 aliphatic rings. The number of hydrogen-bond acceptors (Lipinski definition) is 4. The number of aromatic hydroxyl groups is 1. The van der Waals surface area contributed by atoms with Crippen LogP contribution in [0.25, 0.3) is 11.0 Å². The molecule has 0 aliphatic carbocycles. The van der Waals surface area contributed by atoms with Crippen molar-refractivity contribution in [2.45, 2.75) is 32.5 Å². The van der Waals surface area contributed by atoms with Crippen LogP contribution in [0, 0.1) is 5.92 Å². The van der Waals surface area contributed by atoms with E-state index in [0.29, 0.717) is 5.56 Å². The summed E-state index contributed by atoms with van der Waals surface area (Å²) in [5.74, 6) is -0.311. The zero-order valence-corrected chi connectivity index (χ0v) is 14.6. The van der Waals surface area contributed by atoms with E-state index in [4.69, 9.17) is 0 Å². The van der Waals surface area contributed by atoms with Crippen molar-refractivity contribution in [2.24, 2.45) is 5.92 Å². The van der Waals surface area contributed by atoms with Crippen molar-refractivity contribution >= 4 is 11.0 Å². The molecule has 28 heavy (non-hydrogen) atoms. The van der Waals surface area contributed by atoms with Gasteiger partial charge < -0.3 is 5.11 Å². The number of rotatable bonds is 4. The summed E-state index contributed by atoms with van der Waals surface area (Å²) in [6.45, 7) is 3.43. The zero-order chi connectivity index (χ0) is 20.8. The van der Waals surface area contributed by atoms with Crippen molar-refractivity contribution in [3.05, 3.63) is 51.4 Å². The van der Waals surface area contributed by atoms with Crippen molar-refractivity contribution in [1.82, 2.24) is 19.7 Å². The van der Waals surface area contributed by atoms with Gasteiger partial charge in [0.25, 0.3) is 18.0 Å². The third-order valence-electron chi connectivity index (χ3n) is 4.26. The second-order valence-electron chi connectivity index (χ2n) is 6.53. The molecular weight excluding hydrogens is 387 g/mol. The summed E-state index contributed by atoms with van der Waals surface area (Å²) >= 11 is 0. The SMILES string of the molecule is CC(C)[C@@H](c1ccc(C(F)(F)F)cc1)n1nc(C(F)F)c2c(=O)[nH]c(O)nc21. The third-order valence-corrected chi connectivity index (χ3v) is 4.26. The first kappa shape index (κ1) is 19.8. The Morgan fingerprint density at radius 3 is 2.25 bits per heavy atom. The van der Waals surface area contributed by atoms with Gasteiger partial charge in [0, 0.05) is 0 Å². The predicted molar refractivity (Wildman–Crippen MR) is 89.2 cm³/mol. The third kappa shape index (κ3) is 3.43. The van der Waals surface area contributed by atoms with Gasteiger partial charge in [0.05, 0.1) is 11.6 Å². The van der Waals surface area contributed by atoms with E-state index in [-0.39, 0.29) is 11.6 Å². The number of hydrogen-bond donors (Lipinski definition) is 2. The Kier molecular flexibility index (Phi) is 4.86. The number of halogens is 5. The summed E-state index contributed by atoms with van der Waals surface area (Å²) in [7, 11) is 0. The van der Waals surface area contributed by atoms with Gasteiger partial charge in [-0.25, -0.2) is 13.5 Å². The summed E-state index contributed by atoms with van der Waals surface area (Å²) in [4.78, 5) is 17.7. The van der Waals surface area contributed by atoms with E-state index in [1.165, 1.54) is 12.1 Å². The van der Waals surface area contributed by atoms with E-state index in [0.717, 1.165) is 16.8 Å². The van der Waals surface area contributed by atoms with Gasteiger partial charge in [-0.2, -0.15) is 23.3 Å². The maximum Gasteiger partial charge on any atom is 0.416 e. The molecule has 2 N–H and O–H groups in total. The lowest BCUT2D eigenvalue weighted by molar-refractivity contribution is -0.137. The molecule has 6 nitrogen and oxygen atoms in total. The quantitative estimate of drug-likeness (QED) is 0.646. The fourth-order valence-electron chi connectivity index (χ4n) is 3.08. The van der Waals surface area contributed by atoms with Gasteiger partial charge in [-0.3, -0.25) is 9.78 Å². The Hall–Kier alpha value is -2.98. The van der Waals surface area contributed by atoms with Gasteiger partial charge in [-0.15, -0.1) is 0 Å². The molecule has 0 aliphatic heterocycles. The van der Waals surface area contributed by atoms with Crippen LogP contribution in [0.1, 0.15) is 43.1 Å². The van der Waals surface area contributed by atoms with E-state index in [1.54, 1.807) is 13.8 Å². The number of nitrogens with zero attached hydrogens (tertiary/aromatic N) is 3. The van der Waals surface area contributed by atoms with Gasteiger partial charge in [-0.05, 0) is 23.6 Å². The molecule has 150 valence electrons. The fourth-order valence-corrected chi connectivity index (χ4v) is 3.08. The second kappa shape index (κ2) is 6.88. The van der Waals surface area contributed by atoms with Crippen LogP contribution in [0.2, 0.25) is 0 Å². The summed E-state index contributed by atoms with van der Waals surface area (Å²) in [6, 6.07) is 2.61. The van der Waals surface area contributed by atoms with Crippen LogP contribution in [0.3, 0.4) is 0 Å². The number of H-pyrrole nitrogens is 1. The maximum absolute atomic E-state index is 13.4. The number of benzene rings is 1. The van der Waals surface area contributed by atoms with Gasteiger partial charge in [-0.1, -0.05) is 26.0 Å².